The lowest BCUT2D eigenvalue weighted by Crippen LogP contribution is -2.22. The molecule has 0 N–H and O–H groups in total. The molecule has 1 heterocycles. The van der Waals surface area contributed by atoms with Crippen molar-refractivity contribution in [2.24, 2.45) is 5.92 Å². The molecule has 0 spiro atoms. The van der Waals surface area contributed by atoms with E-state index in [1.165, 1.54) is 0 Å². The number of rotatable bonds is 4. The molecule has 0 amide bonds. The van der Waals surface area contributed by atoms with Crippen molar-refractivity contribution < 1.29 is 0 Å². The van der Waals surface area contributed by atoms with E-state index in [9.17, 15) is 4.79 Å². The first kappa shape index (κ1) is 16.1. The number of para-hydroxylation sites is 2. The van der Waals surface area contributed by atoms with Gasteiger partial charge in [-0.05, 0) is 30.2 Å². The third-order valence-corrected chi connectivity index (χ3v) is 5.07. The Morgan fingerprint density at radius 2 is 1.83 bits per heavy atom. The number of benzene rings is 2. The Hall–Kier alpha value is -1.78. The van der Waals surface area contributed by atoms with Crippen LogP contribution < -0.4 is 5.56 Å². The molecule has 0 radical (unpaired) electrons. The van der Waals surface area contributed by atoms with Crippen LogP contribution in [0.3, 0.4) is 0 Å². The van der Waals surface area contributed by atoms with Gasteiger partial charge < -0.3 is 0 Å². The Morgan fingerprint density at radius 1 is 1.13 bits per heavy atom. The van der Waals surface area contributed by atoms with Crippen molar-refractivity contribution in [1.29, 1.82) is 0 Å². The summed E-state index contributed by atoms with van der Waals surface area (Å²) in [6.45, 7) is 4.29. The zero-order chi connectivity index (χ0) is 16.4. The highest BCUT2D eigenvalue weighted by Gasteiger charge is 2.15. The third kappa shape index (κ3) is 3.28. The normalized spacial score (nSPS) is 11.3. The molecule has 0 unspecified atom stereocenters. The molecule has 0 atom stereocenters. The van der Waals surface area contributed by atoms with Crippen molar-refractivity contribution in [2.45, 2.75) is 19.0 Å². The fourth-order valence-corrected chi connectivity index (χ4v) is 3.47. The minimum absolute atomic E-state index is 0.0880. The standard InChI is InChI=1S/C18H17ClN2OS/c1-12(2)11-23-18-20-15-9-5-3-7-13(15)17(22)21(18)16-10-6-4-8-14(16)19/h3-10,12H,11H2,1-2H3. The lowest BCUT2D eigenvalue weighted by molar-refractivity contribution is 0.742. The maximum absolute atomic E-state index is 13.0. The summed E-state index contributed by atoms with van der Waals surface area (Å²) in [6, 6.07) is 14.8. The highest BCUT2D eigenvalue weighted by molar-refractivity contribution is 7.99. The van der Waals surface area contributed by atoms with Crippen LogP contribution in [0.4, 0.5) is 0 Å². The van der Waals surface area contributed by atoms with Crippen LogP contribution in [-0.4, -0.2) is 15.3 Å². The fraction of sp³-hybridized carbons (Fsp3) is 0.222. The summed E-state index contributed by atoms with van der Waals surface area (Å²) in [4.78, 5) is 17.7. The van der Waals surface area contributed by atoms with Crippen LogP contribution in [0.2, 0.25) is 5.02 Å². The van der Waals surface area contributed by atoms with Crippen molar-refractivity contribution in [3.63, 3.8) is 0 Å². The Kier molecular flexibility index (Phi) is 4.74. The second-order valence-electron chi connectivity index (χ2n) is 5.71. The molecule has 3 aromatic rings. The third-order valence-electron chi connectivity index (χ3n) is 3.38. The largest absolute Gasteiger partial charge is 0.268 e. The topological polar surface area (TPSA) is 34.9 Å². The predicted octanol–water partition coefficient (Wildman–Crippen LogP) is 4.79. The van der Waals surface area contributed by atoms with Gasteiger partial charge >= 0.3 is 0 Å². The fourth-order valence-electron chi connectivity index (χ4n) is 2.30. The van der Waals surface area contributed by atoms with Crippen LogP contribution in [0.15, 0.2) is 58.5 Å². The summed E-state index contributed by atoms with van der Waals surface area (Å²) >= 11 is 7.90. The molecule has 118 valence electrons. The van der Waals surface area contributed by atoms with Crippen molar-refractivity contribution >= 4 is 34.3 Å². The molecule has 23 heavy (non-hydrogen) atoms. The van der Waals surface area contributed by atoms with E-state index >= 15 is 0 Å². The second-order valence-corrected chi connectivity index (χ2v) is 7.10. The highest BCUT2D eigenvalue weighted by atomic mass is 35.5. The number of halogens is 1. The molecule has 0 bridgehead atoms. The molecule has 0 aliphatic heterocycles. The van der Waals surface area contributed by atoms with Crippen LogP contribution >= 0.6 is 23.4 Å². The Balaban J connectivity index is 2.28. The van der Waals surface area contributed by atoms with Gasteiger partial charge in [0.05, 0.1) is 21.6 Å². The number of nitrogens with zero attached hydrogens (tertiary/aromatic N) is 2. The molecular formula is C18H17ClN2OS. The molecule has 0 saturated carbocycles. The van der Waals surface area contributed by atoms with Crippen molar-refractivity contribution in [2.75, 3.05) is 5.75 Å². The molecule has 3 rings (SSSR count). The molecule has 0 saturated heterocycles. The van der Waals surface area contributed by atoms with Gasteiger partial charge in [-0.25, -0.2) is 4.98 Å². The Bertz CT molecular complexity index is 905. The molecular weight excluding hydrogens is 328 g/mol. The van der Waals surface area contributed by atoms with E-state index in [1.54, 1.807) is 28.5 Å². The summed E-state index contributed by atoms with van der Waals surface area (Å²) < 4.78 is 1.62. The molecule has 2 aromatic carbocycles. The van der Waals surface area contributed by atoms with Gasteiger partial charge in [-0.3, -0.25) is 9.36 Å². The molecule has 3 nitrogen and oxygen atoms in total. The molecule has 0 aliphatic carbocycles. The maximum atomic E-state index is 13.0. The lowest BCUT2D eigenvalue weighted by Gasteiger charge is -2.15. The van der Waals surface area contributed by atoms with E-state index in [-0.39, 0.29) is 5.56 Å². The Labute approximate surface area is 144 Å². The first-order valence-corrected chi connectivity index (χ1v) is 8.84. The zero-order valence-electron chi connectivity index (χ0n) is 13.0. The van der Waals surface area contributed by atoms with E-state index in [0.717, 1.165) is 5.75 Å². The van der Waals surface area contributed by atoms with Gasteiger partial charge in [0, 0.05) is 5.75 Å². The van der Waals surface area contributed by atoms with Gasteiger partial charge in [0.1, 0.15) is 0 Å². The van der Waals surface area contributed by atoms with E-state index in [1.807, 2.05) is 36.4 Å². The number of thioether (sulfide) groups is 1. The molecule has 0 aliphatic rings. The minimum Gasteiger partial charge on any atom is -0.268 e. The van der Waals surface area contributed by atoms with Gasteiger partial charge in [-0.15, -0.1) is 0 Å². The zero-order valence-corrected chi connectivity index (χ0v) is 14.6. The van der Waals surface area contributed by atoms with Crippen LogP contribution in [0.1, 0.15) is 13.8 Å². The minimum atomic E-state index is -0.0880. The molecule has 0 fully saturated rings. The average molecular weight is 345 g/mol. The summed E-state index contributed by atoms with van der Waals surface area (Å²) in [7, 11) is 0. The van der Waals surface area contributed by atoms with Crippen LogP contribution in [0, 0.1) is 5.92 Å². The number of fused-ring (bicyclic) bond motifs is 1. The van der Waals surface area contributed by atoms with Crippen molar-refractivity contribution in [3.05, 3.63) is 63.9 Å². The maximum Gasteiger partial charge on any atom is 0.266 e. The van der Waals surface area contributed by atoms with E-state index in [4.69, 9.17) is 16.6 Å². The van der Waals surface area contributed by atoms with Gasteiger partial charge in [0.25, 0.3) is 5.56 Å². The SMILES string of the molecule is CC(C)CSc1nc2ccccc2c(=O)n1-c1ccccc1Cl. The number of hydrogen-bond acceptors (Lipinski definition) is 3. The van der Waals surface area contributed by atoms with Crippen molar-refractivity contribution in [1.82, 2.24) is 9.55 Å². The average Bonchev–Trinajstić information content (AvgIpc) is 2.54. The molecule has 1 aromatic heterocycles. The summed E-state index contributed by atoms with van der Waals surface area (Å²) in [5.74, 6) is 1.39. The first-order valence-electron chi connectivity index (χ1n) is 7.47. The smallest absolute Gasteiger partial charge is 0.266 e. The van der Waals surface area contributed by atoms with Crippen LogP contribution in [-0.2, 0) is 0 Å². The van der Waals surface area contributed by atoms with Gasteiger partial charge in [-0.1, -0.05) is 61.5 Å². The van der Waals surface area contributed by atoms with E-state index in [0.29, 0.717) is 32.7 Å². The van der Waals surface area contributed by atoms with Gasteiger partial charge in [0.2, 0.25) is 0 Å². The second kappa shape index (κ2) is 6.77. The number of hydrogen-bond donors (Lipinski definition) is 0. The first-order chi connectivity index (χ1) is 11.1. The summed E-state index contributed by atoms with van der Waals surface area (Å²) in [5, 5.41) is 1.81. The quantitative estimate of drug-likeness (QED) is 0.504. The van der Waals surface area contributed by atoms with Crippen LogP contribution in [0.25, 0.3) is 16.6 Å². The van der Waals surface area contributed by atoms with E-state index in [2.05, 4.69) is 13.8 Å². The highest BCUT2D eigenvalue weighted by Crippen LogP contribution is 2.26. The van der Waals surface area contributed by atoms with E-state index < -0.39 is 0 Å². The predicted molar refractivity (Wildman–Crippen MR) is 97.9 cm³/mol. The number of aromatic nitrogens is 2. The summed E-state index contributed by atoms with van der Waals surface area (Å²) in [6.07, 6.45) is 0. The lowest BCUT2D eigenvalue weighted by atomic mass is 10.2. The molecule has 5 heteroatoms. The van der Waals surface area contributed by atoms with Crippen molar-refractivity contribution in [3.8, 4) is 5.69 Å². The Morgan fingerprint density at radius 3 is 2.57 bits per heavy atom. The van der Waals surface area contributed by atoms with Gasteiger partial charge in [0.15, 0.2) is 5.16 Å². The summed E-state index contributed by atoms with van der Waals surface area (Å²) in [5.41, 5.74) is 1.30. The van der Waals surface area contributed by atoms with Crippen LogP contribution in [0.5, 0.6) is 0 Å². The monoisotopic (exact) mass is 344 g/mol. The van der Waals surface area contributed by atoms with Gasteiger partial charge in [-0.2, -0.15) is 0 Å².